The van der Waals surface area contributed by atoms with Gasteiger partial charge in [-0.3, -0.25) is 0 Å². The zero-order valence-electron chi connectivity index (χ0n) is 9.50. The summed E-state index contributed by atoms with van der Waals surface area (Å²) in [7, 11) is 0. The molecule has 0 aliphatic heterocycles. The summed E-state index contributed by atoms with van der Waals surface area (Å²) in [5.41, 5.74) is 0.963. The van der Waals surface area contributed by atoms with E-state index in [1.165, 1.54) is 0 Å². The first kappa shape index (κ1) is 12.2. The molecule has 1 atom stereocenters. The Bertz CT molecular complexity index is 302. The second kappa shape index (κ2) is 5.91. The first-order valence-electron chi connectivity index (χ1n) is 5.24. The Morgan fingerprint density at radius 3 is 2.73 bits per heavy atom. The van der Waals surface area contributed by atoms with Gasteiger partial charge in [0.15, 0.2) is 0 Å². The van der Waals surface area contributed by atoms with Crippen molar-refractivity contribution in [2.24, 2.45) is 5.92 Å². The number of rotatable bonds is 5. The summed E-state index contributed by atoms with van der Waals surface area (Å²) in [4.78, 5) is 8.44. The highest BCUT2D eigenvalue weighted by Gasteiger charge is 2.10. The molecular formula is C11H18ClN3. The summed E-state index contributed by atoms with van der Waals surface area (Å²) < 4.78 is 0. The zero-order chi connectivity index (χ0) is 11.3. The summed E-state index contributed by atoms with van der Waals surface area (Å²) in [6.45, 7) is 6.31. The minimum atomic E-state index is 0.244. The Balaban J connectivity index is 2.58. The fraction of sp³-hybridized carbons (Fsp3) is 0.636. The van der Waals surface area contributed by atoms with Crippen LogP contribution < -0.4 is 5.32 Å². The van der Waals surface area contributed by atoms with Crippen LogP contribution in [0.5, 0.6) is 0 Å². The quantitative estimate of drug-likeness (QED) is 0.787. The number of nitrogens with one attached hydrogen (secondary N) is 1. The van der Waals surface area contributed by atoms with Crippen LogP contribution in [0, 0.1) is 12.8 Å². The van der Waals surface area contributed by atoms with E-state index >= 15 is 0 Å². The van der Waals surface area contributed by atoms with Crippen molar-refractivity contribution in [3.8, 4) is 0 Å². The van der Waals surface area contributed by atoms with E-state index in [0.29, 0.717) is 17.7 Å². The van der Waals surface area contributed by atoms with Crippen LogP contribution in [0.2, 0.25) is 0 Å². The molecule has 1 unspecified atom stereocenters. The van der Waals surface area contributed by atoms with Crippen molar-refractivity contribution in [2.45, 2.75) is 33.2 Å². The third-order valence-electron chi connectivity index (χ3n) is 2.07. The number of anilines is 1. The fourth-order valence-electron chi connectivity index (χ4n) is 1.43. The molecule has 0 spiro atoms. The highest BCUT2D eigenvalue weighted by atomic mass is 35.5. The van der Waals surface area contributed by atoms with Crippen LogP contribution >= 0.6 is 11.6 Å². The molecule has 15 heavy (non-hydrogen) atoms. The summed E-state index contributed by atoms with van der Waals surface area (Å²) in [5, 5.41) is 3.25. The molecule has 0 aliphatic carbocycles. The number of nitrogens with zero attached hydrogens (tertiary/aromatic N) is 2. The maximum absolute atomic E-state index is 5.88. The summed E-state index contributed by atoms with van der Waals surface area (Å²) in [6, 6.07) is 2.12. The van der Waals surface area contributed by atoms with Gasteiger partial charge in [-0.2, -0.15) is 0 Å². The molecule has 0 fully saturated rings. The standard InChI is InChI=1S/C11H18ClN3/c1-8(2)6-10(7-12)15-11-13-5-4-9(3)14-11/h4-5,8,10H,6-7H2,1-3H3,(H,13,14,15). The van der Waals surface area contributed by atoms with E-state index in [2.05, 4.69) is 29.1 Å². The molecule has 1 rings (SSSR count). The Hall–Kier alpha value is -0.830. The maximum Gasteiger partial charge on any atom is 0.223 e. The maximum atomic E-state index is 5.88. The molecule has 1 aromatic heterocycles. The fourth-order valence-corrected chi connectivity index (χ4v) is 1.63. The zero-order valence-corrected chi connectivity index (χ0v) is 10.3. The predicted octanol–water partition coefficient (Wildman–Crippen LogP) is 2.85. The molecule has 1 heterocycles. The average molecular weight is 228 g/mol. The van der Waals surface area contributed by atoms with Gasteiger partial charge >= 0.3 is 0 Å². The van der Waals surface area contributed by atoms with Crippen LogP contribution in [-0.2, 0) is 0 Å². The molecule has 0 bridgehead atoms. The van der Waals surface area contributed by atoms with E-state index in [4.69, 9.17) is 11.6 Å². The minimum absolute atomic E-state index is 0.244. The van der Waals surface area contributed by atoms with Crippen LogP contribution in [0.4, 0.5) is 5.95 Å². The lowest BCUT2D eigenvalue weighted by Crippen LogP contribution is -2.24. The number of aromatic nitrogens is 2. The first-order chi connectivity index (χ1) is 7.11. The lowest BCUT2D eigenvalue weighted by Gasteiger charge is -2.17. The molecule has 3 nitrogen and oxygen atoms in total. The van der Waals surface area contributed by atoms with Gasteiger partial charge in [0.2, 0.25) is 5.95 Å². The second-order valence-electron chi connectivity index (χ2n) is 4.15. The topological polar surface area (TPSA) is 37.8 Å². The lowest BCUT2D eigenvalue weighted by atomic mass is 10.1. The Morgan fingerprint density at radius 1 is 1.47 bits per heavy atom. The predicted molar refractivity (Wildman–Crippen MR) is 64.4 cm³/mol. The molecule has 0 amide bonds. The van der Waals surface area contributed by atoms with Crippen molar-refractivity contribution < 1.29 is 0 Å². The third kappa shape index (κ3) is 4.47. The Labute approximate surface area is 96.3 Å². The third-order valence-corrected chi connectivity index (χ3v) is 2.44. The smallest absolute Gasteiger partial charge is 0.223 e. The average Bonchev–Trinajstić information content (AvgIpc) is 2.16. The van der Waals surface area contributed by atoms with Crippen molar-refractivity contribution in [2.75, 3.05) is 11.2 Å². The van der Waals surface area contributed by atoms with Gasteiger partial charge in [0.05, 0.1) is 0 Å². The van der Waals surface area contributed by atoms with Gasteiger partial charge in [-0.25, -0.2) is 9.97 Å². The van der Waals surface area contributed by atoms with Crippen LogP contribution in [0.1, 0.15) is 26.0 Å². The SMILES string of the molecule is Cc1ccnc(NC(CCl)CC(C)C)n1. The lowest BCUT2D eigenvalue weighted by molar-refractivity contribution is 0.540. The van der Waals surface area contributed by atoms with Gasteiger partial charge in [0.25, 0.3) is 0 Å². The van der Waals surface area contributed by atoms with Gasteiger partial charge < -0.3 is 5.32 Å². The summed E-state index contributed by atoms with van der Waals surface area (Å²) in [6.07, 6.45) is 2.78. The van der Waals surface area contributed by atoms with Crippen molar-refractivity contribution in [1.29, 1.82) is 0 Å². The molecule has 0 radical (unpaired) electrons. The number of alkyl halides is 1. The molecule has 1 N–H and O–H groups in total. The molecule has 0 aliphatic rings. The van der Waals surface area contributed by atoms with Gasteiger partial charge in [-0.05, 0) is 25.3 Å². The van der Waals surface area contributed by atoms with E-state index in [9.17, 15) is 0 Å². The van der Waals surface area contributed by atoms with Crippen molar-refractivity contribution in [1.82, 2.24) is 9.97 Å². The van der Waals surface area contributed by atoms with Gasteiger partial charge in [-0.1, -0.05) is 13.8 Å². The van der Waals surface area contributed by atoms with Crippen LogP contribution in [0.3, 0.4) is 0 Å². The van der Waals surface area contributed by atoms with Crippen molar-refractivity contribution in [3.05, 3.63) is 18.0 Å². The molecule has 0 aromatic carbocycles. The molecule has 4 heteroatoms. The van der Waals surface area contributed by atoms with E-state index in [1.807, 2.05) is 13.0 Å². The van der Waals surface area contributed by atoms with E-state index < -0.39 is 0 Å². The minimum Gasteiger partial charge on any atom is -0.350 e. The highest BCUT2D eigenvalue weighted by molar-refractivity contribution is 6.18. The van der Waals surface area contributed by atoms with Crippen LogP contribution in [0.25, 0.3) is 0 Å². The van der Waals surface area contributed by atoms with E-state index in [-0.39, 0.29) is 6.04 Å². The second-order valence-corrected chi connectivity index (χ2v) is 4.46. The number of hydrogen-bond donors (Lipinski definition) is 1. The summed E-state index contributed by atoms with van der Waals surface area (Å²) in [5.74, 6) is 1.86. The van der Waals surface area contributed by atoms with Gasteiger partial charge in [-0.15, -0.1) is 11.6 Å². The summed E-state index contributed by atoms with van der Waals surface area (Å²) >= 11 is 5.88. The van der Waals surface area contributed by atoms with Crippen molar-refractivity contribution in [3.63, 3.8) is 0 Å². The number of hydrogen-bond acceptors (Lipinski definition) is 3. The monoisotopic (exact) mass is 227 g/mol. The molecule has 0 saturated carbocycles. The molecule has 1 aromatic rings. The van der Waals surface area contributed by atoms with E-state index in [1.54, 1.807) is 6.20 Å². The normalized spacial score (nSPS) is 12.9. The Kier molecular flexibility index (Phi) is 4.82. The van der Waals surface area contributed by atoms with Gasteiger partial charge in [0, 0.05) is 23.8 Å². The largest absolute Gasteiger partial charge is 0.350 e. The van der Waals surface area contributed by atoms with Crippen LogP contribution in [-0.4, -0.2) is 21.9 Å². The van der Waals surface area contributed by atoms with Gasteiger partial charge in [0.1, 0.15) is 0 Å². The highest BCUT2D eigenvalue weighted by Crippen LogP contribution is 2.10. The number of aryl methyl sites for hydroxylation is 1. The number of halogens is 1. The van der Waals surface area contributed by atoms with E-state index in [0.717, 1.165) is 12.1 Å². The van der Waals surface area contributed by atoms with Crippen LogP contribution in [0.15, 0.2) is 12.3 Å². The Morgan fingerprint density at radius 2 is 2.20 bits per heavy atom. The first-order valence-corrected chi connectivity index (χ1v) is 5.77. The molecular weight excluding hydrogens is 210 g/mol. The van der Waals surface area contributed by atoms with Crippen molar-refractivity contribution >= 4 is 17.5 Å². The molecule has 0 saturated heterocycles. The molecule has 84 valence electrons.